The number of hydrogen-bond donors (Lipinski definition) is 0. The number of nitrogens with zero attached hydrogens (tertiary/aromatic N) is 4. The lowest BCUT2D eigenvalue weighted by molar-refractivity contribution is -0.134. The summed E-state index contributed by atoms with van der Waals surface area (Å²) in [7, 11) is 0. The quantitative estimate of drug-likeness (QED) is 0.799. The van der Waals surface area contributed by atoms with Gasteiger partial charge in [0.05, 0.1) is 18.5 Å². The van der Waals surface area contributed by atoms with Gasteiger partial charge in [0.2, 0.25) is 5.91 Å². The van der Waals surface area contributed by atoms with Gasteiger partial charge in [-0.15, -0.1) is 10.2 Å². The molecule has 1 aromatic heterocycles. The van der Waals surface area contributed by atoms with E-state index < -0.39 is 6.10 Å². The normalized spacial score (nSPS) is 18.9. The Morgan fingerprint density at radius 1 is 1.28 bits per heavy atom. The minimum atomic E-state index is -0.498. The van der Waals surface area contributed by atoms with Gasteiger partial charge in [-0.25, -0.2) is 4.79 Å². The van der Waals surface area contributed by atoms with Gasteiger partial charge in [-0.3, -0.25) is 4.79 Å². The molecule has 0 radical (unpaired) electrons. The van der Waals surface area contributed by atoms with E-state index in [1.807, 2.05) is 12.1 Å². The van der Waals surface area contributed by atoms with Crippen molar-refractivity contribution in [3.8, 4) is 0 Å². The van der Waals surface area contributed by atoms with E-state index in [0.717, 1.165) is 17.2 Å². The van der Waals surface area contributed by atoms with Crippen molar-refractivity contribution in [2.45, 2.75) is 45.4 Å². The molecule has 3 heterocycles. The molecule has 2 aromatic rings. The first-order valence-corrected chi connectivity index (χ1v) is 8.54. The molecule has 25 heavy (non-hydrogen) atoms. The van der Waals surface area contributed by atoms with Crippen LogP contribution in [-0.2, 0) is 22.6 Å². The van der Waals surface area contributed by atoms with Crippen molar-refractivity contribution < 1.29 is 14.3 Å². The van der Waals surface area contributed by atoms with Gasteiger partial charge in [0.1, 0.15) is 11.9 Å². The summed E-state index contributed by atoms with van der Waals surface area (Å²) in [6.07, 6.45) is -0.337. The molecule has 0 bridgehead atoms. The average molecular weight is 340 g/mol. The van der Waals surface area contributed by atoms with E-state index in [0.29, 0.717) is 31.1 Å². The Morgan fingerprint density at radius 3 is 2.88 bits per heavy atom. The van der Waals surface area contributed by atoms with E-state index in [1.165, 1.54) is 0 Å². The first kappa shape index (κ1) is 15.8. The number of esters is 1. The molecule has 1 atom stereocenters. The molecule has 7 heteroatoms. The van der Waals surface area contributed by atoms with E-state index >= 15 is 0 Å². The molecular formula is C18H20N4O3. The van der Waals surface area contributed by atoms with Gasteiger partial charge in [0.15, 0.2) is 5.82 Å². The summed E-state index contributed by atoms with van der Waals surface area (Å²) in [5, 5.41) is 8.46. The summed E-state index contributed by atoms with van der Waals surface area (Å²) < 4.78 is 7.48. The zero-order chi connectivity index (χ0) is 17.6. The average Bonchev–Trinajstić information content (AvgIpc) is 3.16. The maximum absolute atomic E-state index is 12.7. The molecule has 0 fully saturated rings. The number of cyclic esters (lactones) is 1. The molecule has 0 N–H and O–H groups in total. The number of hydrogen-bond acceptors (Lipinski definition) is 5. The third kappa shape index (κ3) is 2.69. The predicted octanol–water partition coefficient (Wildman–Crippen LogP) is 2.05. The molecule has 0 saturated heterocycles. The van der Waals surface area contributed by atoms with Gasteiger partial charge in [-0.1, -0.05) is 32.0 Å². The van der Waals surface area contributed by atoms with Crippen LogP contribution < -0.4 is 0 Å². The minimum absolute atomic E-state index is 0.0325. The Morgan fingerprint density at radius 2 is 2.08 bits per heavy atom. The highest BCUT2D eigenvalue weighted by atomic mass is 16.5. The molecule has 0 aliphatic carbocycles. The van der Waals surface area contributed by atoms with Crippen LogP contribution in [0.5, 0.6) is 0 Å². The van der Waals surface area contributed by atoms with E-state index in [4.69, 9.17) is 4.74 Å². The van der Waals surface area contributed by atoms with Crippen molar-refractivity contribution >= 4 is 11.9 Å². The van der Waals surface area contributed by atoms with Crippen LogP contribution in [0, 0.1) is 0 Å². The zero-order valence-corrected chi connectivity index (χ0v) is 14.3. The number of ether oxygens (including phenoxy) is 1. The van der Waals surface area contributed by atoms with Crippen molar-refractivity contribution in [1.29, 1.82) is 0 Å². The maximum atomic E-state index is 12.7. The number of fused-ring (bicyclic) bond motifs is 2. The van der Waals surface area contributed by atoms with Crippen molar-refractivity contribution in [2.24, 2.45) is 0 Å². The number of rotatable bonds is 3. The van der Waals surface area contributed by atoms with Gasteiger partial charge in [0, 0.05) is 24.6 Å². The highest BCUT2D eigenvalue weighted by Gasteiger charge is 2.34. The maximum Gasteiger partial charge on any atom is 0.339 e. The molecule has 4 rings (SSSR count). The molecule has 2 aliphatic heterocycles. The number of carbonyl (C=O) groups excluding carboxylic acids is 2. The largest absolute Gasteiger partial charge is 0.453 e. The summed E-state index contributed by atoms with van der Waals surface area (Å²) in [5.41, 5.74) is 1.35. The highest BCUT2D eigenvalue weighted by molar-refractivity contribution is 5.94. The number of benzene rings is 1. The van der Waals surface area contributed by atoms with Crippen LogP contribution in [0.3, 0.4) is 0 Å². The summed E-state index contributed by atoms with van der Waals surface area (Å²) >= 11 is 0. The number of carbonyl (C=O) groups is 2. The Labute approximate surface area is 145 Å². The molecule has 1 amide bonds. The molecule has 1 aromatic carbocycles. The van der Waals surface area contributed by atoms with Crippen LogP contribution in [0.15, 0.2) is 24.3 Å². The fourth-order valence-corrected chi connectivity index (χ4v) is 3.48. The molecule has 0 spiro atoms. The van der Waals surface area contributed by atoms with Crippen LogP contribution in [-0.4, -0.2) is 38.1 Å². The third-order valence-electron chi connectivity index (χ3n) is 4.79. The van der Waals surface area contributed by atoms with E-state index in [-0.39, 0.29) is 18.3 Å². The first-order valence-electron chi connectivity index (χ1n) is 8.54. The number of aromatic nitrogens is 3. The van der Waals surface area contributed by atoms with Crippen LogP contribution in [0.25, 0.3) is 0 Å². The van der Waals surface area contributed by atoms with Crippen LogP contribution >= 0.6 is 0 Å². The summed E-state index contributed by atoms with van der Waals surface area (Å²) in [5.74, 6) is 1.69. The van der Waals surface area contributed by atoms with Gasteiger partial charge in [-0.05, 0) is 6.07 Å². The molecule has 0 unspecified atom stereocenters. The van der Waals surface area contributed by atoms with Gasteiger partial charge >= 0.3 is 5.97 Å². The second-order valence-electron chi connectivity index (χ2n) is 6.78. The molecule has 7 nitrogen and oxygen atoms in total. The summed E-state index contributed by atoms with van der Waals surface area (Å²) in [4.78, 5) is 26.4. The fraction of sp³-hybridized carbons (Fsp3) is 0.444. The SMILES string of the molecule is CC(C)c1nnc2n1CCN(C(=O)C[C@H]1OC(=O)c3ccccc31)C2. The Bertz CT molecular complexity index is 843. The van der Waals surface area contributed by atoms with Crippen LogP contribution in [0.2, 0.25) is 0 Å². The van der Waals surface area contributed by atoms with Crippen molar-refractivity contribution in [1.82, 2.24) is 19.7 Å². The molecule has 0 saturated carbocycles. The molecule has 130 valence electrons. The second kappa shape index (κ2) is 5.98. The van der Waals surface area contributed by atoms with E-state index in [2.05, 4.69) is 28.6 Å². The van der Waals surface area contributed by atoms with Crippen molar-refractivity contribution in [3.05, 3.63) is 47.0 Å². The highest BCUT2D eigenvalue weighted by Crippen LogP contribution is 2.33. The lowest BCUT2D eigenvalue weighted by Gasteiger charge is -2.29. The molecule has 2 aliphatic rings. The summed E-state index contributed by atoms with van der Waals surface area (Å²) in [6.45, 7) is 5.93. The van der Waals surface area contributed by atoms with E-state index in [9.17, 15) is 9.59 Å². The monoisotopic (exact) mass is 340 g/mol. The second-order valence-corrected chi connectivity index (χ2v) is 6.78. The fourth-order valence-electron chi connectivity index (χ4n) is 3.48. The Kier molecular flexibility index (Phi) is 3.78. The topological polar surface area (TPSA) is 77.3 Å². The number of amides is 1. The summed E-state index contributed by atoms with van der Waals surface area (Å²) in [6, 6.07) is 7.24. The zero-order valence-electron chi connectivity index (χ0n) is 14.3. The van der Waals surface area contributed by atoms with Gasteiger partial charge in [-0.2, -0.15) is 0 Å². The van der Waals surface area contributed by atoms with Gasteiger partial charge in [0.25, 0.3) is 0 Å². The van der Waals surface area contributed by atoms with Crippen LogP contribution in [0.4, 0.5) is 0 Å². The standard InChI is InChI=1S/C18H20N4O3/c1-11(2)17-20-19-15-10-21(7-8-22(15)17)16(23)9-14-12-5-3-4-6-13(12)18(24)25-14/h3-6,11,14H,7-10H2,1-2H3/t14-/m1/s1. The third-order valence-corrected chi connectivity index (χ3v) is 4.79. The van der Waals surface area contributed by atoms with E-state index in [1.54, 1.807) is 17.0 Å². The smallest absolute Gasteiger partial charge is 0.339 e. The first-order chi connectivity index (χ1) is 12.0. The Balaban J connectivity index is 1.47. The van der Waals surface area contributed by atoms with Crippen molar-refractivity contribution in [2.75, 3.05) is 6.54 Å². The Hall–Kier alpha value is -2.70. The van der Waals surface area contributed by atoms with Gasteiger partial charge < -0.3 is 14.2 Å². The lowest BCUT2D eigenvalue weighted by Crippen LogP contribution is -2.39. The predicted molar refractivity (Wildman–Crippen MR) is 88.7 cm³/mol. The minimum Gasteiger partial charge on any atom is -0.453 e. The van der Waals surface area contributed by atoms with Crippen molar-refractivity contribution in [3.63, 3.8) is 0 Å². The molecular weight excluding hydrogens is 320 g/mol. The van der Waals surface area contributed by atoms with Crippen LogP contribution in [0.1, 0.15) is 59.9 Å². The lowest BCUT2D eigenvalue weighted by atomic mass is 10.0.